The van der Waals surface area contributed by atoms with E-state index in [9.17, 15) is 26.4 Å². The molecule has 0 unspecified atom stereocenters. The lowest BCUT2D eigenvalue weighted by molar-refractivity contribution is 0.0599. The standard InChI is InChI=1S/C14H19N3O3S.C14H18O4S/c1-8-6-10-11(7-9(8)12(18)17-13(15)16)21(19,20)5-4-14(10,2)3;1-9-7-11-12(8-10(9)13(15)18-4)19(16,17)6-5-14(11,2)3/h6-7H,4-5H2,1-3H3,(H4,15,16,17,18);7-8H,5-6H2,1-4H3. The molecule has 10 nitrogen and oxygen atoms in total. The highest BCUT2D eigenvalue weighted by molar-refractivity contribution is 7.91. The number of aliphatic imine (C=N–C) groups is 1. The Morgan fingerprint density at radius 2 is 1.18 bits per heavy atom. The number of esters is 1. The topological polar surface area (TPSA) is 176 Å². The normalized spacial score (nSPS) is 19.1. The molecule has 218 valence electrons. The van der Waals surface area contributed by atoms with Crippen LogP contribution in [0.2, 0.25) is 0 Å². The molecule has 4 rings (SSSR count). The minimum Gasteiger partial charge on any atom is -0.465 e. The maximum Gasteiger partial charge on any atom is 0.338 e. The molecule has 0 saturated carbocycles. The number of hydrogen-bond acceptors (Lipinski definition) is 7. The number of nitrogens with two attached hydrogens (primary N) is 2. The second-order valence-corrected chi connectivity index (χ2v) is 15.7. The van der Waals surface area contributed by atoms with Gasteiger partial charge in [0.2, 0.25) is 0 Å². The lowest BCUT2D eigenvalue weighted by atomic mass is 9.80. The van der Waals surface area contributed by atoms with E-state index in [2.05, 4.69) is 4.99 Å². The number of aryl methyl sites for hydroxylation is 2. The first kappa shape index (κ1) is 31.3. The number of sulfone groups is 2. The van der Waals surface area contributed by atoms with E-state index in [4.69, 9.17) is 16.2 Å². The number of nitrogens with zero attached hydrogens (tertiary/aromatic N) is 1. The van der Waals surface area contributed by atoms with E-state index in [1.807, 2.05) is 27.7 Å². The van der Waals surface area contributed by atoms with E-state index in [1.165, 1.54) is 19.2 Å². The van der Waals surface area contributed by atoms with Crippen LogP contribution in [0.25, 0.3) is 0 Å². The summed E-state index contributed by atoms with van der Waals surface area (Å²) >= 11 is 0. The molecule has 12 heteroatoms. The van der Waals surface area contributed by atoms with Crippen LogP contribution in [0.5, 0.6) is 0 Å². The molecule has 40 heavy (non-hydrogen) atoms. The Morgan fingerprint density at radius 3 is 1.57 bits per heavy atom. The van der Waals surface area contributed by atoms with Crippen LogP contribution in [-0.2, 0) is 35.2 Å². The third-order valence-corrected chi connectivity index (χ3v) is 11.1. The minimum atomic E-state index is -3.38. The number of guanidine groups is 1. The van der Waals surface area contributed by atoms with E-state index in [0.29, 0.717) is 24.0 Å². The summed E-state index contributed by atoms with van der Waals surface area (Å²) in [4.78, 5) is 27.6. The summed E-state index contributed by atoms with van der Waals surface area (Å²) in [6.07, 6.45) is 1.16. The van der Waals surface area contributed by atoms with Crippen LogP contribution >= 0.6 is 0 Å². The number of hydrogen-bond donors (Lipinski definition) is 2. The van der Waals surface area contributed by atoms with Gasteiger partial charge in [-0.05, 0) is 71.9 Å². The predicted octanol–water partition coefficient (Wildman–Crippen LogP) is 3.10. The average molecular weight is 592 g/mol. The molecule has 2 aliphatic rings. The van der Waals surface area contributed by atoms with Crippen LogP contribution in [0.1, 0.15) is 83.5 Å². The van der Waals surface area contributed by atoms with Gasteiger partial charge in [-0.1, -0.05) is 39.8 Å². The molecule has 2 heterocycles. The van der Waals surface area contributed by atoms with Gasteiger partial charge in [0.25, 0.3) is 5.91 Å². The second-order valence-electron chi connectivity index (χ2n) is 11.6. The highest BCUT2D eigenvalue weighted by atomic mass is 32.2. The summed E-state index contributed by atoms with van der Waals surface area (Å²) in [5.74, 6) is -1.28. The molecule has 0 fully saturated rings. The van der Waals surface area contributed by atoms with E-state index < -0.39 is 31.6 Å². The van der Waals surface area contributed by atoms with Crippen molar-refractivity contribution in [3.8, 4) is 0 Å². The Kier molecular flexibility index (Phi) is 8.31. The number of carbonyl (C=O) groups is 2. The molecule has 0 aliphatic carbocycles. The zero-order valence-corrected chi connectivity index (χ0v) is 25.5. The van der Waals surface area contributed by atoms with Crippen molar-refractivity contribution < 1.29 is 31.2 Å². The van der Waals surface area contributed by atoms with Crippen LogP contribution in [0.15, 0.2) is 39.0 Å². The van der Waals surface area contributed by atoms with Gasteiger partial charge >= 0.3 is 5.97 Å². The fourth-order valence-electron chi connectivity index (χ4n) is 4.95. The van der Waals surface area contributed by atoms with E-state index in [0.717, 1.165) is 16.7 Å². The average Bonchev–Trinajstić information content (AvgIpc) is 2.84. The molecule has 4 N–H and O–H groups in total. The molecule has 0 aromatic heterocycles. The first-order valence-electron chi connectivity index (χ1n) is 12.7. The molecule has 0 atom stereocenters. The summed E-state index contributed by atoms with van der Waals surface area (Å²) in [5.41, 5.74) is 13.4. The van der Waals surface area contributed by atoms with Gasteiger partial charge in [0.15, 0.2) is 25.6 Å². The van der Waals surface area contributed by atoms with Gasteiger partial charge in [-0.25, -0.2) is 21.6 Å². The Balaban J connectivity index is 0.000000222. The predicted molar refractivity (Wildman–Crippen MR) is 153 cm³/mol. The number of fused-ring (bicyclic) bond motifs is 2. The molecule has 2 aromatic carbocycles. The highest BCUT2D eigenvalue weighted by Crippen LogP contribution is 2.41. The van der Waals surface area contributed by atoms with Gasteiger partial charge < -0.3 is 16.2 Å². The molecule has 2 aromatic rings. The zero-order valence-electron chi connectivity index (χ0n) is 23.9. The Bertz CT molecular complexity index is 1630. The van der Waals surface area contributed by atoms with Crippen molar-refractivity contribution in [1.82, 2.24) is 0 Å². The molecule has 1 amide bonds. The minimum absolute atomic E-state index is 0.0754. The largest absolute Gasteiger partial charge is 0.465 e. The summed E-state index contributed by atoms with van der Waals surface area (Å²) in [7, 11) is -5.39. The number of benzene rings is 2. The van der Waals surface area contributed by atoms with Crippen molar-refractivity contribution in [2.75, 3.05) is 18.6 Å². The van der Waals surface area contributed by atoms with Crippen LogP contribution < -0.4 is 11.5 Å². The monoisotopic (exact) mass is 591 g/mol. The van der Waals surface area contributed by atoms with Crippen LogP contribution in [0, 0.1) is 13.8 Å². The van der Waals surface area contributed by atoms with Gasteiger partial charge in [-0.3, -0.25) is 4.79 Å². The van der Waals surface area contributed by atoms with E-state index in [-0.39, 0.29) is 43.6 Å². The van der Waals surface area contributed by atoms with Crippen LogP contribution in [0.3, 0.4) is 0 Å². The first-order valence-corrected chi connectivity index (χ1v) is 16.0. The number of methoxy groups -OCH3 is 1. The van der Waals surface area contributed by atoms with Crippen molar-refractivity contribution in [3.63, 3.8) is 0 Å². The summed E-state index contributed by atoms with van der Waals surface area (Å²) in [6, 6.07) is 6.42. The third kappa shape index (κ3) is 6.07. The Labute approximate surface area is 236 Å². The molecular weight excluding hydrogens is 554 g/mol. The maximum absolute atomic E-state index is 12.3. The van der Waals surface area contributed by atoms with Crippen molar-refractivity contribution in [3.05, 3.63) is 57.6 Å². The third-order valence-electron chi connectivity index (χ3n) is 7.64. The molecular formula is C28H37N3O7S2. The van der Waals surface area contributed by atoms with Gasteiger partial charge in [0, 0.05) is 5.56 Å². The van der Waals surface area contributed by atoms with E-state index >= 15 is 0 Å². The molecule has 0 saturated heterocycles. The quantitative estimate of drug-likeness (QED) is 0.302. The van der Waals surface area contributed by atoms with Crippen molar-refractivity contribution in [2.24, 2.45) is 16.5 Å². The van der Waals surface area contributed by atoms with Gasteiger partial charge in [-0.2, -0.15) is 4.99 Å². The fraction of sp³-hybridized carbons (Fsp3) is 0.464. The smallest absolute Gasteiger partial charge is 0.338 e. The molecule has 0 radical (unpaired) electrons. The summed E-state index contributed by atoms with van der Waals surface area (Å²) < 4.78 is 53.6. The van der Waals surface area contributed by atoms with Crippen molar-refractivity contribution in [1.29, 1.82) is 0 Å². The molecule has 0 spiro atoms. The van der Waals surface area contributed by atoms with Crippen LogP contribution in [0.4, 0.5) is 0 Å². The zero-order chi connectivity index (χ0) is 30.4. The first-order chi connectivity index (χ1) is 18.2. The van der Waals surface area contributed by atoms with Gasteiger partial charge in [0.1, 0.15) is 0 Å². The lowest BCUT2D eigenvalue weighted by Gasteiger charge is -2.32. The van der Waals surface area contributed by atoms with Crippen molar-refractivity contribution in [2.45, 2.75) is 75.0 Å². The summed E-state index contributed by atoms with van der Waals surface area (Å²) in [5, 5.41) is 0. The summed E-state index contributed by atoms with van der Waals surface area (Å²) in [6.45, 7) is 11.6. The van der Waals surface area contributed by atoms with Crippen LogP contribution in [-0.4, -0.2) is 53.3 Å². The SMILES string of the molecule is COC(=O)c1cc2c(cc1C)C(C)(C)CCS2(=O)=O.Cc1cc2c(cc1C(=O)N=C(N)N)S(=O)(=O)CCC2(C)C. The molecule has 2 aliphatic heterocycles. The fourth-order valence-corrected chi connectivity index (χ4v) is 8.89. The number of rotatable bonds is 2. The maximum atomic E-state index is 12.3. The van der Waals surface area contributed by atoms with Crippen molar-refractivity contribution >= 4 is 37.5 Å². The van der Waals surface area contributed by atoms with Gasteiger partial charge in [0.05, 0.1) is 34.0 Å². The number of amides is 1. The van der Waals surface area contributed by atoms with Gasteiger partial charge in [-0.15, -0.1) is 0 Å². The highest BCUT2D eigenvalue weighted by Gasteiger charge is 2.37. The Hall–Kier alpha value is -3.25. The lowest BCUT2D eigenvalue weighted by Crippen LogP contribution is -2.31. The molecule has 0 bridgehead atoms. The second kappa shape index (κ2) is 10.6. The van der Waals surface area contributed by atoms with E-state index in [1.54, 1.807) is 26.0 Å². The Morgan fingerprint density at radius 1 is 0.775 bits per heavy atom. The number of ether oxygens (including phenoxy) is 1. The number of carbonyl (C=O) groups excluding carboxylic acids is 2.